The van der Waals surface area contributed by atoms with Crippen molar-refractivity contribution in [3.63, 3.8) is 0 Å². The minimum atomic E-state index is -1.32. The monoisotopic (exact) mass is 847 g/mol. The van der Waals surface area contributed by atoms with E-state index < -0.39 is 18.1 Å². The second kappa shape index (κ2) is 19.6. The molecule has 3 aliphatic heterocycles. The molecule has 62 heavy (non-hydrogen) atoms. The van der Waals surface area contributed by atoms with Crippen molar-refractivity contribution in [1.82, 2.24) is 9.80 Å². The van der Waals surface area contributed by atoms with Crippen molar-refractivity contribution >= 4 is 22.4 Å². The predicted molar refractivity (Wildman–Crippen MR) is 239 cm³/mol. The lowest BCUT2D eigenvalue weighted by molar-refractivity contribution is -0.258. The number of benzene rings is 3. The van der Waals surface area contributed by atoms with Gasteiger partial charge in [0.15, 0.2) is 0 Å². The standard InChI is InChI=1S/C51H65N3O8/c1-2-28-60-51-46(54(50(57)36-19-20-36)34-38-15-11-14-35-12-3-4-16-40(35)38)33-44(52-62-47-18-7-10-29-59-47)42-31-37(13-5-8-26-55)41(17-6-9-27-56)48(49(42)51)43-32-39(21-22-45(43)61-51)58-30-25-53-23-24-53/h2-4,11-12,14-16,21-22,31-32,36-37,41,46-49,55-56H,1,5-10,13,17-20,23-30,33-34H2/t37-,41+,46-,47?,48+,49+,51+/m0/s1. The number of carbonyl (C=O) groups is 1. The minimum Gasteiger partial charge on any atom is -0.492 e. The maximum absolute atomic E-state index is 15.1. The van der Waals surface area contributed by atoms with E-state index in [4.69, 9.17) is 28.9 Å². The Morgan fingerprint density at radius 1 is 0.984 bits per heavy atom. The molecule has 2 saturated heterocycles. The average molecular weight is 848 g/mol. The fraction of sp³-hybridized carbons (Fsp3) is 0.569. The van der Waals surface area contributed by atoms with Gasteiger partial charge in [-0.15, -0.1) is 6.58 Å². The molecule has 1 unspecified atom stereocenters. The SMILES string of the molecule is C=CCO[C@@]12Oc3ccc(OCCN4CC4)cc3[C@H]3[C@H](CCCCO)[C@@H](CCCCO)C=C(C(=NOC4CCCCO4)C[C@@H]1N(Cc1cccc4ccccc14)C(=O)C1CC1)[C@H]32. The van der Waals surface area contributed by atoms with Gasteiger partial charge in [-0.1, -0.05) is 72.6 Å². The highest BCUT2D eigenvalue weighted by Crippen LogP contribution is 2.62. The van der Waals surface area contributed by atoms with Crippen molar-refractivity contribution in [2.75, 3.05) is 52.7 Å². The van der Waals surface area contributed by atoms with Crippen LogP contribution in [0.25, 0.3) is 10.8 Å². The Morgan fingerprint density at radius 2 is 1.81 bits per heavy atom. The second-order valence-corrected chi connectivity index (χ2v) is 18.2. The topological polar surface area (TPSA) is 122 Å². The number of aliphatic hydroxyl groups excluding tert-OH is 2. The first kappa shape index (κ1) is 43.0. The zero-order valence-corrected chi connectivity index (χ0v) is 36.2. The van der Waals surface area contributed by atoms with Crippen LogP contribution in [0.15, 0.2) is 90.1 Å². The van der Waals surface area contributed by atoms with E-state index >= 15 is 4.79 Å². The summed E-state index contributed by atoms with van der Waals surface area (Å²) in [5.74, 6) is 0.0129. The molecule has 7 atom stereocenters. The van der Waals surface area contributed by atoms with Crippen LogP contribution in [0.4, 0.5) is 0 Å². The maximum Gasteiger partial charge on any atom is 0.239 e. The smallest absolute Gasteiger partial charge is 0.239 e. The highest BCUT2D eigenvalue weighted by Gasteiger charge is 2.66. The summed E-state index contributed by atoms with van der Waals surface area (Å²) < 4.78 is 27.3. The quantitative estimate of drug-likeness (QED) is 0.0474. The number of allylic oxidation sites excluding steroid dienone is 1. The highest BCUT2D eigenvalue weighted by molar-refractivity contribution is 6.03. The summed E-state index contributed by atoms with van der Waals surface area (Å²) >= 11 is 0. The lowest BCUT2D eigenvalue weighted by Crippen LogP contribution is -2.70. The lowest BCUT2D eigenvalue weighted by atomic mass is 9.55. The van der Waals surface area contributed by atoms with Crippen molar-refractivity contribution in [3.8, 4) is 11.5 Å². The van der Waals surface area contributed by atoms with E-state index in [0.29, 0.717) is 32.6 Å². The van der Waals surface area contributed by atoms with Gasteiger partial charge in [0, 0.05) is 69.6 Å². The van der Waals surface area contributed by atoms with Crippen LogP contribution in [0, 0.1) is 23.7 Å². The van der Waals surface area contributed by atoms with E-state index in [-0.39, 0.29) is 55.3 Å². The Bertz CT molecular complexity index is 2090. The molecule has 11 nitrogen and oxygen atoms in total. The molecule has 332 valence electrons. The number of carbonyl (C=O) groups excluding carboxylic acids is 1. The lowest BCUT2D eigenvalue weighted by Gasteiger charge is -2.60. The zero-order chi connectivity index (χ0) is 42.5. The van der Waals surface area contributed by atoms with Gasteiger partial charge in [0.05, 0.1) is 24.8 Å². The number of ether oxygens (including phenoxy) is 4. The molecular formula is C51H65N3O8. The number of hydrogen-bond donors (Lipinski definition) is 2. The summed E-state index contributed by atoms with van der Waals surface area (Å²) in [5.41, 5.74) is 3.95. The third-order valence-electron chi connectivity index (χ3n) is 14.1. The highest BCUT2D eigenvalue weighted by atomic mass is 16.8. The molecule has 6 aliphatic rings. The number of fused-ring (bicyclic) bond motifs is 3. The van der Waals surface area contributed by atoms with Gasteiger partial charge in [-0.2, -0.15) is 0 Å². The number of aliphatic hydroxyl groups is 2. The summed E-state index contributed by atoms with van der Waals surface area (Å²) in [6.45, 7) is 9.32. The van der Waals surface area contributed by atoms with Gasteiger partial charge in [-0.25, -0.2) is 0 Å². The molecule has 0 aromatic heterocycles. The molecule has 0 radical (unpaired) electrons. The van der Waals surface area contributed by atoms with Crippen molar-refractivity contribution < 1.29 is 38.8 Å². The molecule has 2 N–H and O–H groups in total. The molecule has 4 fully saturated rings. The third-order valence-corrected chi connectivity index (χ3v) is 14.1. The van der Waals surface area contributed by atoms with Crippen molar-refractivity contribution in [2.24, 2.45) is 28.8 Å². The average Bonchev–Trinajstić information content (AvgIpc) is 4.25. The van der Waals surface area contributed by atoms with Crippen molar-refractivity contribution in [3.05, 3.63) is 96.1 Å². The summed E-state index contributed by atoms with van der Waals surface area (Å²) in [6.07, 6.45) is 13.5. The van der Waals surface area contributed by atoms with Gasteiger partial charge in [0.2, 0.25) is 18.0 Å². The first-order valence-electron chi connectivity index (χ1n) is 23.5. The van der Waals surface area contributed by atoms with Gasteiger partial charge in [-0.05, 0) is 103 Å². The predicted octanol–water partition coefficient (Wildman–Crippen LogP) is 8.13. The van der Waals surface area contributed by atoms with E-state index in [1.54, 1.807) is 6.08 Å². The fourth-order valence-corrected chi connectivity index (χ4v) is 10.8. The molecule has 3 aromatic carbocycles. The molecule has 3 heterocycles. The molecule has 0 bridgehead atoms. The number of nitrogens with zero attached hydrogens (tertiary/aromatic N) is 3. The molecule has 3 aromatic rings. The van der Waals surface area contributed by atoms with E-state index in [9.17, 15) is 10.2 Å². The van der Waals surface area contributed by atoms with Crippen LogP contribution in [0.1, 0.15) is 94.1 Å². The van der Waals surface area contributed by atoms with Crippen LogP contribution >= 0.6 is 0 Å². The number of rotatable bonds is 21. The van der Waals surface area contributed by atoms with E-state index in [1.165, 1.54) is 0 Å². The van der Waals surface area contributed by atoms with E-state index in [2.05, 4.69) is 71.0 Å². The van der Waals surface area contributed by atoms with E-state index in [1.807, 2.05) is 12.1 Å². The Labute approximate surface area is 366 Å². The summed E-state index contributed by atoms with van der Waals surface area (Å²) in [5, 5.41) is 27.3. The number of unbranched alkanes of at least 4 members (excludes halogenated alkanes) is 2. The van der Waals surface area contributed by atoms with Crippen LogP contribution < -0.4 is 9.47 Å². The first-order valence-corrected chi connectivity index (χ1v) is 23.5. The molecule has 2 saturated carbocycles. The van der Waals surface area contributed by atoms with E-state index in [0.717, 1.165) is 129 Å². The first-order chi connectivity index (χ1) is 30.5. The van der Waals surface area contributed by atoms with Crippen LogP contribution in [-0.2, 0) is 25.7 Å². The number of oxime groups is 1. The van der Waals surface area contributed by atoms with Crippen LogP contribution in [0.2, 0.25) is 0 Å². The Morgan fingerprint density at radius 3 is 2.58 bits per heavy atom. The van der Waals surface area contributed by atoms with Crippen molar-refractivity contribution in [1.29, 1.82) is 0 Å². The Kier molecular flexibility index (Phi) is 13.6. The van der Waals surface area contributed by atoms with Gasteiger partial charge in [0.1, 0.15) is 24.1 Å². The van der Waals surface area contributed by atoms with Gasteiger partial charge >= 0.3 is 0 Å². The van der Waals surface area contributed by atoms with Crippen molar-refractivity contribution in [2.45, 2.75) is 108 Å². The zero-order valence-electron chi connectivity index (χ0n) is 36.2. The van der Waals surface area contributed by atoms with Gasteiger partial charge in [-0.3, -0.25) is 9.69 Å². The molecule has 9 rings (SSSR count). The molecule has 11 heteroatoms. The van der Waals surface area contributed by atoms with Crippen LogP contribution in [0.3, 0.4) is 0 Å². The Balaban J connectivity index is 1.23. The van der Waals surface area contributed by atoms with Gasteiger partial charge < -0.3 is 38.9 Å². The maximum atomic E-state index is 15.1. The Hall–Kier alpha value is -4.26. The summed E-state index contributed by atoms with van der Waals surface area (Å²) in [7, 11) is 0. The minimum absolute atomic E-state index is 0.0718. The summed E-state index contributed by atoms with van der Waals surface area (Å²) in [6, 6.07) is 20.4. The second-order valence-electron chi connectivity index (χ2n) is 18.2. The summed E-state index contributed by atoms with van der Waals surface area (Å²) in [4.78, 5) is 25.9. The molecule has 3 aliphatic carbocycles. The fourth-order valence-electron chi connectivity index (χ4n) is 10.8. The number of hydrogen-bond acceptors (Lipinski definition) is 10. The number of amides is 1. The molecule has 1 amide bonds. The third kappa shape index (κ3) is 9.20. The largest absolute Gasteiger partial charge is 0.492 e. The normalized spacial score (nSPS) is 28.4. The van der Waals surface area contributed by atoms with Crippen LogP contribution in [-0.4, -0.2) is 102 Å². The molecule has 0 spiro atoms. The van der Waals surface area contributed by atoms with Crippen LogP contribution in [0.5, 0.6) is 11.5 Å². The molecular weight excluding hydrogens is 783 g/mol. The van der Waals surface area contributed by atoms with Gasteiger partial charge in [0.25, 0.3) is 0 Å².